The van der Waals surface area contributed by atoms with Crippen LogP contribution in [0, 0.1) is 5.92 Å². The van der Waals surface area contributed by atoms with E-state index in [1.165, 1.54) is 19.6 Å². The lowest BCUT2D eigenvalue weighted by molar-refractivity contribution is -0.128. The Bertz CT molecular complexity index is 587. The summed E-state index contributed by atoms with van der Waals surface area (Å²) >= 11 is 0. The first kappa shape index (κ1) is 18.3. The monoisotopic (exact) mass is 335 g/mol. The Kier molecular flexibility index (Phi) is 6.61. The van der Waals surface area contributed by atoms with Crippen LogP contribution in [0.3, 0.4) is 0 Å². The minimum absolute atomic E-state index is 0.0410. The number of carboxylic acid groups (broad SMARTS) is 1. The van der Waals surface area contributed by atoms with Gasteiger partial charge in [-0.2, -0.15) is 0 Å². The van der Waals surface area contributed by atoms with Gasteiger partial charge in [-0.3, -0.25) is 4.79 Å². The van der Waals surface area contributed by atoms with E-state index in [1.54, 1.807) is 12.1 Å². The van der Waals surface area contributed by atoms with Crippen LogP contribution in [0.4, 0.5) is 0 Å². The molecule has 1 aliphatic rings. The maximum Gasteiger partial charge on any atom is 0.339 e. The molecular formula is C18H25NO5. The molecule has 0 spiro atoms. The molecule has 1 aliphatic carbocycles. The van der Waals surface area contributed by atoms with E-state index in [9.17, 15) is 9.59 Å². The van der Waals surface area contributed by atoms with E-state index >= 15 is 0 Å². The minimum Gasteiger partial charge on any atom is -0.496 e. The largest absolute Gasteiger partial charge is 0.496 e. The van der Waals surface area contributed by atoms with Crippen molar-refractivity contribution >= 4 is 11.9 Å². The van der Waals surface area contributed by atoms with Crippen molar-refractivity contribution in [2.45, 2.75) is 45.3 Å². The number of carboxylic acids is 1. The van der Waals surface area contributed by atoms with Gasteiger partial charge in [-0.15, -0.1) is 0 Å². The number of aromatic carboxylic acids is 1. The molecule has 1 fully saturated rings. The first-order chi connectivity index (χ1) is 11.5. The van der Waals surface area contributed by atoms with Gasteiger partial charge >= 0.3 is 5.97 Å². The Morgan fingerprint density at radius 3 is 2.79 bits per heavy atom. The number of ether oxygens (including phenoxy) is 2. The minimum atomic E-state index is -1.06. The normalized spacial score (nSPS) is 20.4. The maximum atomic E-state index is 11.9. The van der Waals surface area contributed by atoms with Crippen LogP contribution < -0.4 is 10.1 Å². The number of rotatable bonds is 7. The van der Waals surface area contributed by atoms with Crippen molar-refractivity contribution in [1.29, 1.82) is 0 Å². The second kappa shape index (κ2) is 8.68. The van der Waals surface area contributed by atoms with Gasteiger partial charge in [0.25, 0.3) is 0 Å². The fraction of sp³-hybridized carbons (Fsp3) is 0.556. The summed E-state index contributed by atoms with van der Waals surface area (Å²) in [6.45, 7) is 2.51. The number of amides is 1. The van der Waals surface area contributed by atoms with Crippen LogP contribution in [-0.2, 0) is 16.1 Å². The summed E-state index contributed by atoms with van der Waals surface area (Å²) in [5.41, 5.74) is 0.782. The molecule has 0 aromatic heterocycles. The second-order valence-electron chi connectivity index (χ2n) is 6.32. The number of methoxy groups -OCH3 is 1. The quantitative estimate of drug-likeness (QED) is 0.800. The number of benzene rings is 1. The molecule has 1 amide bonds. The van der Waals surface area contributed by atoms with E-state index in [4.69, 9.17) is 14.6 Å². The molecule has 1 saturated carbocycles. The summed E-state index contributed by atoms with van der Waals surface area (Å²) < 4.78 is 10.7. The van der Waals surface area contributed by atoms with Crippen molar-refractivity contribution in [2.24, 2.45) is 5.92 Å². The molecule has 1 aromatic rings. The lowest BCUT2D eigenvalue weighted by atomic mass is 9.89. The van der Waals surface area contributed by atoms with Crippen LogP contribution in [0.15, 0.2) is 18.2 Å². The molecule has 0 bridgehead atoms. The van der Waals surface area contributed by atoms with Crippen LogP contribution in [0.25, 0.3) is 0 Å². The van der Waals surface area contributed by atoms with Crippen molar-refractivity contribution in [3.63, 3.8) is 0 Å². The Morgan fingerprint density at radius 1 is 1.33 bits per heavy atom. The first-order valence-electron chi connectivity index (χ1n) is 8.28. The highest BCUT2D eigenvalue weighted by atomic mass is 16.5. The molecule has 1 aromatic carbocycles. The number of nitrogens with one attached hydrogen (secondary N) is 1. The van der Waals surface area contributed by atoms with E-state index in [0.717, 1.165) is 19.3 Å². The van der Waals surface area contributed by atoms with Gasteiger partial charge in [0.2, 0.25) is 5.91 Å². The summed E-state index contributed by atoms with van der Waals surface area (Å²) in [6.07, 6.45) is 4.57. The summed E-state index contributed by atoms with van der Waals surface area (Å²) in [5.74, 6) is -0.302. The summed E-state index contributed by atoms with van der Waals surface area (Å²) in [4.78, 5) is 23.1. The van der Waals surface area contributed by atoms with Gasteiger partial charge in [-0.1, -0.05) is 25.8 Å². The predicted octanol–water partition coefficient (Wildman–Crippen LogP) is 2.60. The van der Waals surface area contributed by atoms with Gasteiger partial charge in [-0.05, 0) is 36.5 Å². The zero-order valence-electron chi connectivity index (χ0n) is 14.2. The van der Waals surface area contributed by atoms with E-state index < -0.39 is 5.97 Å². The van der Waals surface area contributed by atoms with Crippen molar-refractivity contribution in [3.05, 3.63) is 29.3 Å². The fourth-order valence-corrected chi connectivity index (χ4v) is 3.01. The number of carbonyl (C=O) groups excluding carboxylic acids is 1. The molecule has 0 unspecified atom stereocenters. The Morgan fingerprint density at radius 2 is 2.12 bits per heavy atom. The molecule has 0 aliphatic heterocycles. The van der Waals surface area contributed by atoms with Crippen molar-refractivity contribution in [1.82, 2.24) is 5.32 Å². The molecule has 6 heteroatoms. The fourth-order valence-electron chi connectivity index (χ4n) is 3.01. The van der Waals surface area contributed by atoms with Crippen LogP contribution >= 0.6 is 0 Å². The van der Waals surface area contributed by atoms with E-state index in [2.05, 4.69) is 12.2 Å². The summed E-state index contributed by atoms with van der Waals surface area (Å²) in [6, 6.07) is 4.82. The topological polar surface area (TPSA) is 84.9 Å². The Labute approximate surface area is 142 Å². The molecule has 2 rings (SSSR count). The van der Waals surface area contributed by atoms with E-state index in [-0.39, 0.29) is 30.7 Å². The van der Waals surface area contributed by atoms with Gasteiger partial charge in [-0.25, -0.2) is 4.79 Å². The molecule has 2 atom stereocenters. The van der Waals surface area contributed by atoms with Crippen LogP contribution in [0.5, 0.6) is 5.75 Å². The summed E-state index contributed by atoms with van der Waals surface area (Å²) in [7, 11) is 1.42. The van der Waals surface area contributed by atoms with E-state index in [1.807, 2.05) is 0 Å². The third kappa shape index (κ3) is 5.23. The van der Waals surface area contributed by atoms with E-state index in [0.29, 0.717) is 17.2 Å². The molecular weight excluding hydrogens is 310 g/mol. The SMILES string of the molecule is COc1ccc(CNC(=O)CO[C@@H]2CCC[C@H](C)C2)cc1C(=O)O. The molecule has 0 heterocycles. The highest BCUT2D eigenvalue weighted by Gasteiger charge is 2.20. The zero-order chi connectivity index (χ0) is 17.5. The average molecular weight is 335 g/mol. The Hall–Kier alpha value is -2.08. The number of carbonyl (C=O) groups is 2. The summed E-state index contributed by atoms with van der Waals surface area (Å²) in [5, 5.41) is 11.9. The van der Waals surface area contributed by atoms with Crippen LogP contribution in [-0.4, -0.2) is 36.8 Å². The Balaban J connectivity index is 1.81. The third-order valence-corrected chi connectivity index (χ3v) is 4.32. The van der Waals surface area contributed by atoms with Crippen molar-refractivity contribution in [3.8, 4) is 5.75 Å². The second-order valence-corrected chi connectivity index (χ2v) is 6.32. The van der Waals surface area contributed by atoms with Gasteiger partial charge in [0.05, 0.1) is 13.2 Å². The molecule has 6 nitrogen and oxygen atoms in total. The maximum absolute atomic E-state index is 11.9. The number of hydrogen-bond acceptors (Lipinski definition) is 4. The van der Waals surface area contributed by atoms with Gasteiger partial charge < -0.3 is 19.9 Å². The lowest BCUT2D eigenvalue weighted by Gasteiger charge is -2.26. The van der Waals surface area contributed by atoms with Crippen LogP contribution in [0.1, 0.15) is 48.5 Å². The first-order valence-corrected chi connectivity index (χ1v) is 8.28. The van der Waals surface area contributed by atoms with Crippen LogP contribution in [0.2, 0.25) is 0 Å². The molecule has 2 N–H and O–H groups in total. The smallest absolute Gasteiger partial charge is 0.339 e. The van der Waals surface area contributed by atoms with Crippen molar-refractivity contribution in [2.75, 3.05) is 13.7 Å². The van der Waals surface area contributed by atoms with Gasteiger partial charge in [0.15, 0.2) is 0 Å². The molecule has 24 heavy (non-hydrogen) atoms. The zero-order valence-corrected chi connectivity index (χ0v) is 14.2. The third-order valence-electron chi connectivity index (χ3n) is 4.32. The highest BCUT2D eigenvalue weighted by molar-refractivity contribution is 5.91. The molecule has 132 valence electrons. The standard InChI is InChI=1S/C18H25NO5/c1-12-4-3-5-14(8-12)24-11-17(20)19-10-13-6-7-16(23-2)15(9-13)18(21)22/h6-7,9,12,14H,3-5,8,10-11H2,1-2H3,(H,19,20)(H,21,22)/t12-,14+/m0/s1. The average Bonchev–Trinajstić information content (AvgIpc) is 2.58. The number of hydrogen-bond donors (Lipinski definition) is 2. The van der Waals surface area contributed by atoms with Gasteiger partial charge in [0.1, 0.15) is 17.9 Å². The van der Waals surface area contributed by atoms with Gasteiger partial charge in [0, 0.05) is 6.54 Å². The molecule has 0 radical (unpaired) electrons. The highest BCUT2D eigenvalue weighted by Crippen LogP contribution is 2.25. The lowest BCUT2D eigenvalue weighted by Crippen LogP contribution is -2.31. The predicted molar refractivity (Wildman–Crippen MR) is 89.2 cm³/mol. The molecule has 0 saturated heterocycles. The van der Waals surface area contributed by atoms with Crippen molar-refractivity contribution < 1.29 is 24.2 Å².